The van der Waals surface area contributed by atoms with E-state index < -0.39 is 17.4 Å². The molecule has 0 aromatic carbocycles. The lowest BCUT2D eigenvalue weighted by Crippen LogP contribution is -2.50. The number of carbonyl (C=O) groups excluding carboxylic acids is 1. The third-order valence-corrected chi connectivity index (χ3v) is 3.25. The molecular formula is C13H21NO4. The van der Waals surface area contributed by atoms with Crippen LogP contribution in [-0.4, -0.2) is 36.2 Å². The molecule has 1 heterocycles. The maximum Gasteiger partial charge on any atom is 0.326 e. The number of hydrogen-bond acceptors (Lipinski definition) is 3. The topological polar surface area (TPSA) is 75.6 Å². The number of aliphatic carboxylic acids is 1. The Morgan fingerprint density at radius 3 is 2.83 bits per heavy atom. The molecular weight excluding hydrogens is 234 g/mol. The van der Waals surface area contributed by atoms with Crippen molar-refractivity contribution < 1.29 is 19.4 Å². The second-order valence-corrected chi connectivity index (χ2v) is 4.95. The molecule has 1 rings (SSSR count). The number of hydrogen-bond donors (Lipinski definition) is 2. The van der Waals surface area contributed by atoms with Crippen molar-refractivity contribution in [3.63, 3.8) is 0 Å². The summed E-state index contributed by atoms with van der Waals surface area (Å²) in [4.78, 5) is 23.2. The number of carboxylic acid groups (broad SMARTS) is 1. The van der Waals surface area contributed by atoms with E-state index in [1.807, 2.05) is 6.92 Å². The van der Waals surface area contributed by atoms with Crippen LogP contribution in [0.15, 0.2) is 12.7 Å². The van der Waals surface area contributed by atoms with Crippen LogP contribution in [0, 0.1) is 5.41 Å². The smallest absolute Gasteiger partial charge is 0.326 e. The van der Waals surface area contributed by atoms with Crippen molar-refractivity contribution in [2.24, 2.45) is 5.41 Å². The Kier molecular flexibility index (Phi) is 5.34. The zero-order chi connectivity index (χ0) is 13.6. The van der Waals surface area contributed by atoms with E-state index in [0.717, 1.165) is 12.8 Å². The maximum atomic E-state index is 12.1. The van der Waals surface area contributed by atoms with Gasteiger partial charge in [0.2, 0.25) is 5.91 Å². The molecule has 0 aromatic heterocycles. The minimum Gasteiger partial charge on any atom is -0.480 e. The minimum absolute atomic E-state index is 0.237. The van der Waals surface area contributed by atoms with E-state index in [9.17, 15) is 9.59 Å². The number of carbonyl (C=O) groups is 2. The quantitative estimate of drug-likeness (QED) is 0.702. The van der Waals surface area contributed by atoms with Gasteiger partial charge in [-0.05, 0) is 32.6 Å². The van der Waals surface area contributed by atoms with Gasteiger partial charge < -0.3 is 15.2 Å². The van der Waals surface area contributed by atoms with Gasteiger partial charge in [0.25, 0.3) is 0 Å². The van der Waals surface area contributed by atoms with Crippen LogP contribution >= 0.6 is 0 Å². The Morgan fingerprint density at radius 2 is 2.33 bits per heavy atom. The Hall–Kier alpha value is -1.36. The van der Waals surface area contributed by atoms with Gasteiger partial charge in [-0.2, -0.15) is 0 Å². The Labute approximate surface area is 107 Å². The lowest BCUT2D eigenvalue weighted by Gasteiger charge is -2.32. The molecule has 0 aromatic rings. The highest BCUT2D eigenvalue weighted by molar-refractivity contribution is 5.87. The van der Waals surface area contributed by atoms with Crippen molar-refractivity contribution in [1.29, 1.82) is 0 Å². The SMILES string of the molecule is C=CCCC(NC(=O)C1(C)CCCOC1)C(=O)O. The van der Waals surface area contributed by atoms with Crippen LogP contribution in [0.4, 0.5) is 0 Å². The van der Waals surface area contributed by atoms with Gasteiger partial charge in [0.15, 0.2) is 0 Å². The van der Waals surface area contributed by atoms with Gasteiger partial charge in [0, 0.05) is 6.61 Å². The predicted octanol–water partition coefficient (Wildman–Crippen LogP) is 1.34. The van der Waals surface area contributed by atoms with Crippen LogP contribution in [0.25, 0.3) is 0 Å². The zero-order valence-corrected chi connectivity index (χ0v) is 10.8. The first-order chi connectivity index (χ1) is 8.49. The van der Waals surface area contributed by atoms with Gasteiger partial charge in [-0.15, -0.1) is 6.58 Å². The summed E-state index contributed by atoms with van der Waals surface area (Å²) < 4.78 is 5.30. The summed E-state index contributed by atoms with van der Waals surface area (Å²) >= 11 is 0. The average molecular weight is 255 g/mol. The molecule has 0 radical (unpaired) electrons. The summed E-state index contributed by atoms with van der Waals surface area (Å²) in [6, 6.07) is -0.853. The van der Waals surface area contributed by atoms with Crippen LogP contribution in [0.2, 0.25) is 0 Å². The molecule has 0 aliphatic carbocycles. The van der Waals surface area contributed by atoms with E-state index in [1.54, 1.807) is 6.08 Å². The monoisotopic (exact) mass is 255 g/mol. The van der Waals surface area contributed by atoms with Crippen molar-refractivity contribution in [3.8, 4) is 0 Å². The Balaban J connectivity index is 2.59. The minimum atomic E-state index is -1.01. The molecule has 2 N–H and O–H groups in total. The first-order valence-electron chi connectivity index (χ1n) is 6.22. The third-order valence-electron chi connectivity index (χ3n) is 3.25. The molecule has 5 heteroatoms. The fourth-order valence-corrected chi connectivity index (χ4v) is 1.99. The van der Waals surface area contributed by atoms with Gasteiger partial charge in [0.05, 0.1) is 12.0 Å². The highest BCUT2D eigenvalue weighted by atomic mass is 16.5. The van der Waals surface area contributed by atoms with E-state index in [-0.39, 0.29) is 5.91 Å². The molecule has 0 saturated carbocycles. The van der Waals surface area contributed by atoms with E-state index in [1.165, 1.54) is 0 Å². The van der Waals surface area contributed by atoms with Crippen molar-refractivity contribution in [3.05, 3.63) is 12.7 Å². The molecule has 5 nitrogen and oxygen atoms in total. The standard InChI is InChI=1S/C13H21NO4/c1-3-4-6-10(11(15)16)14-12(17)13(2)7-5-8-18-9-13/h3,10H,1,4-9H2,2H3,(H,14,17)(H,15,16). The van der Waals surface area contributed by atoms with Crippen molar-refractivity contribution in [1.82, 2.24) is 5.32 Å². The summed E-state index contributed by atoms with van der Waals surface area (Å²) in [6.45, 7) is 6.38. The number of allylic oxidation sites excluding steroid dienone is 1. The molecule has 1 aliphatic heterocycles. The molecule has 0 bridgehead atoms. The fraction of sp³-hybridized carbons (Fsp3) is 0.692. The van der Waals surface area contributed by atoms with E-state index in [2.05, 4.69) is 11.9 Å². The summed E-state index contributed by atoms with van der Waals surface area (Å²) in [5.74, 6) is -1.25. The predicted molar refractivity (Wildman–Crippen MR) is 67.2 cm³/mol. The second kappa shape index (κ2) is 6.54. The first kappa shape index (κ1) is 14.7. The number of carboxylic acids is 1. The molecule has 0 spiro atoms. The average Bonchev–Trinajstić information content (AvgIpc) is 2.34. The van der Waals surface area contributed by atoms with Crippen molar-refractivity contribution >= 4 is 11.9 Å². The van der Waals surface area contributed by atoms with E-state index in [4.69, 9.17) is 9.84 Å². The summed E-state index contributed by atoms with van der Waals surface area (Å²) in [7, 11) is 0. The van der Waals surface area contributed by atoms with Gasteiger partial charge in [-0.3, -0.25) is 4.79 Å². The largest absolute Gasteiger partial charge is 0.480 e. The van der Waals surface area contributed by atoms with Gasteiger partial charge >= 0.3 is 5.97 Å². The molecule has 1 fully saturated rings. The molecule has 18 heavy (non-hydrogen) atoms. The van der Waals surface area contributed by atoms with Crippen LogP contribution in [-0.2, 0) is 14.3 Å². The molecule has 102 valence electrons. The molecule has 1 aliphatic rings. The lowest BCUT2D eigenvalue weighted by molar-refractivity contribution is -0.146. The second-order valence-electron chi connectivity index (χ2n) is 4.95. The number of amides is 1. The van der Waals surface area contributed by atoms with Crippen molar-refractivity contribution in [2.45, 2.75) is 38.6 Å². The third kappa shape index (κ3) is 3.84. The normalized spacial score (nSPS) is 25.2. The van der Waals surface area contributed by atoms with Crippen LogP contribution in [0.3, 0.4) is 0 Å². The number of nitrogens with one attached hydrogen (secondary N) is 1. The lowest BCUT2D eigenvalue weighted by atomic mass is 9.83. The summed E-state index contributed by atoms with van der Waals surface area (Å²) in [5.41, 5.74) is -0.611. The van der Waals surface area contributed by atoms with E-state index in [0.29, 0.717) is 26.1 Å². The fourth-order valence-electron chi connectivity index (χ4n) is 1.99. The van der Waals surface area contributed by atoms with Gasteiger partial charge in [0.1, 0.15) is 6.04 Å². The van der Waals surface area contributed by atoms with E-state index >= 15 is 0 Å². The molecule has 1 saturated heterocycles. The highest BCUT2D eigenvalue weighted by Gasteiger charge is 2.37. The van der Waals surface area contributed by atoms with Crippen LogP contribution < -0.4 is 5.32 Å². The number of rotatable bonds is 6. The number of ether oxygens (including phenoxy) is 1. The van der Waals surface area contributed by atoms with Crippen LogP contribution in [0.1, 0.15) is 32.6 Å². The highest BCUT2D eigenvalue weighted by Crippen LogP contribution is 2.28. The van der Waals surface area contributed by atoms with Crippen LogP contribution in [0.5, 0.6) is 0 Å². The first-order valence-corrected chi connectivity index (χ1v) is 6.22. The molecule has 1 amide bonds. The van der Waals surface area contributed by atoms with Gasteiger partial charge in [-0.1, -0.05) is 6.08 Å². The zero-order valence-electron chi connectivity index (χ0n) is 10.8. The summed E-state index contributed by atoms with van der Waals surface area (Å²) in [5, 5.41) is 11.6. The Bertz CT molecular complexity index is 321. The van der Waals surface area contributed by atoms with Gasteiger partial charge in [-0.25, -0.2) is 4.79 Å². The van der Waals surface area contributed by atoms with Crippen molar-refractivity contribution in [2.75, 3.05) is 13.2 Å². The maximum absolute atomic E-state index is 12.1. The molecule has 2 atom stereocenters. The molecule has 2 unspecified atom stereocenters. The summed E-state index contributed by atoms with van der Waals surface area (Å²) in [6.07, 6.45) is 4.13. The Morgan fingerprint density at radius 1 is 1.61 bits per heavy atom.